The van der Waals surface area contributed by atoms with Gasteiger partial charge in [0.2, 0.25) is 0 Å². The maximum atomic E-state index is 11.6. The summed E-state index contributed by atoms with van der Waals surface area (Å²) in [6.45, 7) is 2.29. The summed E-state index contributed by atoms with van der Waals surface area (Å²) in [6.07, 6.45) is 2.35. The molecule has 0 fully saturated rings. The van der Waals surface area contributed by atoms with E-state index in [0.29, 0.717) is 24.9 Å². The Hall–Kier alpha value is -1.62. The number of nitrogens with zero attached hydrogens (tertiary/aromatic N) is 1. The third-order valence-electron chi connectivity index (χ3n) is 2.60. The van der Waals surface area contributed by atoms with Gasteiger partial charge in [0.1, 0.15) is 0 Å². The number of hydrogen-bond donors (Lipinski definition) is 2. The van der Waals surface area contributed by atoms with E-state index >= 15 is 0 Å². The molecule has 2 N–H and O–H groups in total. The number of nitrogens with one attached hydrogen (secondary N) is 1. The zero-order valence-electron chi connectivity index (χ0n) is 10.1. The van der Waals surface area contributed by atoms with E-state index in [9.17, 15) is 14.7 Å². The molecule has 1 atom stereocenters. The van der Waals surface area contributed by atoms with Crippen molar-refractivity contribution in [2.24, 2.45) is 7.05 Å². The fraction of sp³-hybridized carbons (Fsp3) is 0.500. The SMILES string of the molecule is CCC(O)CCNC(=O)c1ccn(C)c(=O)c1. The van der Waals surface area contributed by atoms with Gasteiger partial charge in [-0.1, -0.05) is 6.92 Å². The Morgan fingerprint density at radius 3 is 2.88 bits per heavy atom. The van der Waals surface area contributed by atoms with Crippen LogP contribution in [0.1, 0.15) is 30.1 Å². The summed E-state index contributed by atoms with van der Waals surface area (Å²) in [7, 11) is 1.63. The van der Waals surface area contributed by atoms with Crippen LogP contribution >= 0.6 is 0 Å². The van der Waals surface area contributed by atoms with Crippen LogP contribution in [0.5, 0.6) is 0 Å². The second-order valence-corrected chi connectivity index (χ2v) is 3.97. The van der Waals surface area contributed by atoms with E-state index < -0.39 is 0 Å². The lowest BCUT2D eigenvalue weighted by Gasteiger charge is -2.08. The van der Waals surface area contributed by atoms with Crippen LogP contribution in [0.3, 0.4) is 0 Å². The molecule has 1 amide bonds. The number of amides is 1. The van der Waals surface area contributed by atoms with Gasteiger partial charge in [-0.05, 0) is 18.9 Å². The second kappa shape index (κ2) is 6.20. The minimum absolute atomic E-state index is 0.216. The fourth-order valence-corrected chi connectivity index (χ4v) is 1.35. The first-order valence-corrected chi connectivity index (χ1v) is 5.67. The van der Waals surface area contributed by atoms with Crippen LogP contribution in [0.15, 0.2) is 23.1 Å². The lowest BCUT2D eigenvalue weighted by molar-refractivity contribution is 0.0941. The van der Waals surface area contributed by atoms with Gasteiger partial charge in [-0.3, -0.25) is 9.59 Å². The number of aliphatic hydroxyl groups is 1. The molecule has 0 spiro atoms. The molecule has 1 rings (SSSR count). The lowest BCUT2D eigenvalue weighted by atomic mass is 10.2. The van der Waals surface area contributed by atoms with Crippen molar-refractivity contribution in [3.63, 3.8) is 0 Å². The maximum Gasteiger partial charge on any atom is 0.251 e. The Kier molecular flexibility index (Phi) is 4.90. The van der Waals surface area contributed by atoms with Crippen LogP contribution in [0.2, 0.25) is 0 Å². The van der Waals surface area contributed by atoms with Crippen LogP contribution < -0.4 is 10.9 Å². The van der Waals surface area contributed by atoms with Crippen molar-refractivity contribution < 1.29 is 9.90 Å². The summed E-state index contributed by atoms with van der Waals surface area (Å²) < 4.78 is 1.40. The number of carbonyl (C=O) groups excluding carboxylic acids is 1. The van der Waals surface area contributed by atoms with Gasteiger partial charge in [0.25, 0.3) is 11.5 Å². The molecule has 0 saturated carbocycles. The van der Waals surface area contributed by atoms with E-state index in [1.54, 1.807) is 19.3 Å². The molecule has 0 bridgehead atoms. The van der Waals surface area contributed by atoms with Crippen molar-refractivity contribution in [3.8, 4) is 0 Å². The lowest BCUT2D eigenvalue weighted by Crippen LogP contribution is -2.28. The summed E-state index contributed by atoms with van der Waals surface area (Å²) in [6, 6.07) is 2.89. The zero-order chi connectivity index (χ0) is 12.8. The van der Waals surface area contributed by atoms with Gasteiger partial charge in [-0.2, -0.15) is 0 Å². The van der Waals surface area contributed by atoms with Gasteiger partial charge in [-0.15, -0.1) is 0 Å². The number of rotatable bonds is 5. The molecule has 17 heavy (non-hydrogen) atoms. The summed E-state index contributed by atoms with van der Waals surface area (Å²) >= 11 is 0. The molecule has 1 aromatic heterocycles. The van der Waals surface area contributed by atoms with Crippen molar-refractivity contribution in [2.45, 2.75) is 25.9 Å². The molecule has 0 aromatic carbocycles. The summed E-state index contributed by atoms with van der Waals surface area (Å²) in [5.41, 5.74) is 0.130. The van der Waals surface area contributed by atoms with Crippen LogP contribution in [0, 0.1) is 0 Å². The molecule has 0 aliphatic carbocycles. The van der Waals surface area contributed by atoms with Crippen LogP contribution in [-0.4, -0.2) is 28.2 Å². The molecule has 5 heteroatoms. The third-order valence-corrected chi connectivity index (χ3v) is 2.60. The normalized spacial score (nSPS) is 12.2. The number of pyridine rings is 1. The van der Waals surface area contributed by atoms with Gasteiger partial charge in [0.05, 0.1) is 6.10 Å². The van der Waals surface area contributed by atoms with E-state index in [1.807, 2.05) is 6.92 Å². The van der Waals surface area contributed by atoms with Gasteiger partial charge >= 0.3 is 0 Å². The summed E-state index contributed by atoms with van der Waals surface area (Å²) in [5, 5.41) is 12.0. The van der Waals surface area contributed by atoms with Gasteiger partial charge in [-0.25, -0.2) is 0 Å². The van der Waals surface area contributed by atoms with E-state index in [1.165, 1.54) is 10.6 Å². The van der Waals surface area contributed by atoms with Crippen LogP contribution in [0.4, 0.5) is 0 Å². The average Bonchev–Trinajstić information content (AvgIpc) is 2.32. The molecular weight excluding hydrogens is 220 g/mol. The first kappa shape index (κ1) is 13.4. The molecule has 1 aromatic rings. The Labute approximate surface area is 100 Å². The number of hydrogen-bond acceptors (Lipinski definition) is 3. The third kappa shape index (κ3) is 4.03. The Bertz CT molecular complexity index is 440. The largest absolute Gasteiger partial charge is 0.393 e. The number of aryl methyl sites for hydroxylation is 1. The Balaban J connectivity index is 2.53. The maximum absolute atomic E-state index is 11.6. The smallest absolute Gasteiger partial charge is 0.251 e. The summed E-state index contributed by atoms with van der Waals surface area (Å²) in [5.74, 6) is -0.286. The highest BCUT2D eigenvalue weighted by Gasteiger charge is 2.07. The highest BCUT2D eigenvalue weighted by atomic mass is 16.3. The minimum atomic E-state index is -0.390. The molecule has 0 saturated heterocycles. The van der Waals surface area contributed by atoms with E-state index in [2.05, 4.69) is 5.32 Å². The number of aliphatic hydroxyl groups excluding tert-OH is 1. The minimum Gasteiger partial charge on any atom is -0.393 e. The Morgan fingerprint density at radius 1 is 1.59 bits per heavy atom. The van der Waals surface area contributed by atoms with E-state index in [4.69, 9.17) is 0 Å². The van der Waals surface area contributed by atoms with E-state index in [0.717, 1.165) is 0 Å². The highest BCUT2D eigenvalue weighted by Crippen LogP contribution is 1.97. The quantitative estimate of drug-likeness (QED) is 0.773. The van der Waals surface area contributed by atoms with Crippen LogP contribution in [-0.2, 0) is 7.05 Å². The monoisotopic (exact) mass is 238 g/mol. The molecule has 1 unspecified atom stereocenters. The van der Waals surface area contributed by atoms with Gasteiger partial charge < -0.3 is 15.0 Å². The average molecular weight is 238 g/mol. The number of aromatic nitrogens is 1. The molecule has 0 aliphatic heterocycles. The van der Waals surface area contributed by atoms with Crippen molar-refractivity contribution >= 4 is 5.91 Å². The fourth-order valence-electron chi connectivity index (χ4n) is 1.35. The standard InChI is InChI=1S/C12H18N2O3/c1-3-10(15)4-6-13-12(17)9-5-7-14(2)11(16)8-9/h5,7-8,10,15H,3-4,6H2,1-2H3,(H,13,17). The van der Waals surface area contributed by atoms with Crippen molar-refractivity contribution in [3.05, 3.63) is 34.2 Å². The predicted octanol–water partition coefficient (Wildman–Crippen LogP) is 0.276. The molecule has 94 valence electrons. The van der Waals surface area contributed by atoms with Gasteiger partial charge in [0, 0.05) is 31.4 Å². The predicted molar refractivity (Wildman–Crippen MR) is 64.9 cm³/mol. The van der Waals surface area contributed by atoms with Crippen LogP contribution in [0.25, 0.3) is 0 Å². The topological polar surface area (TPSA) is 71.3 Å². The van der Waals surface area contributed by atoms with Crippen molar-refractivity contribution in [1.29, 1.82) is 0 Å². The number of carbonyl (C=O) groups is 1. The first-order chi connectivity index (χ1) is 8.04. The molecule has 5 nitrogen and oxygen atoms in total. The Morgan fingerprint density at radius 2 is 2.29 bits per heavy atom. The van der Waals surface area contributed by atoms with E-state index in [-0.39, 0.29) is 17.6 Å². The molecular formula is C12H18N2O3. The zero-order valence-corrected chi connectivity index (χ0v) is 10.1. The van der Waals surface area contributed by atoms with Crippen molar-refractivity contribution in [2.75, 3.05) is 6.54 Å². The van der Waals surface area contributed by atoms with Gasteiger partial charge in [0.15, 0.2) is 0 Å². The molecule has 0 radical (unpaired) electrons. The highest BCUT2D eigenvalue weighted by molar-refractivity contribution is 5.93. The summed E-state index contributed by atoms with van der Waals surface area (Å²) in [4.78, 5) is 23.0. The molecule has 1 heterocycles. The first-order valence-electron chi connectivity index (χ1n) is 5.67. The van der Waals surface area contributed by atoms with Crippen molar-refractivity contribution in [1.82, 2.24) is 9.88 Å². The molecule has 0 aliphatic rings. The second-order valence-electron chi connectivity index (χ2n) is 3.97.